The van der Waals surface area contributed by atoms with E-state index in [4.69, 9.17) is 9.47 Å². The van der Waals surface area contributed by atoms with Crippen LogP contribution in [0.25, 0.3) is 0 Å². The zero-order valence-corrected chi connectivity index (χ0v) is 17.4. The number of esters is 1. The molecule has 1 aliphatic rings. The lowest BCUT2D eigenvalue weighted by molar-refractivity contribution is -0.142. The highest BCUT2D eigenvalue weighted by molar-refractivity contribution is 5.72. The molecule has 0 bridgehead atoms. The molecule has 0 unspecified atom stereocenters. The quantitative estimate of drug-likeness (QED) is 0.578. The first kappa shape index (κ1) is 21.3. The molecule has 0 spiro atoms. The molecule has 1 fully saturated rings. The van der Waals surface area contributed by atoms with E-state index in [-0.39, 0.29) is 5.97 Å². The Balaban J connectivity index is 1.31. The van der Waals surface area contributed by atoms with Crippen LogP contribution in [0, 0.1) is 0 Å². The number of nitrogens with zero attached hydrogens (tertiary/aromatic N) is 2. The predicted molar refractivity (Wildman–Crippen MR) is 115 cm³/mol. The molecule has 29 heavy (non-hydrogen) atoms. The number of piperazine rings is 1. The monoisotopic (exact) mass is 396 g/mol. The SMILES string of the molecule is CCOC(=O)Cc1ccc(CCN2CCN(CCOc3ccccc3)CC2)cc1. The maximum atomic E-state index is 11.6. The second kappa shape index (κ2) is 11.6. The van der Waals surface area contributed by atoms with E-state index in [1.165, 1.54) is 5.56 Å². The lowest BCUT2D eigenvalue weighted by atomic mass is 10.1. The molecule has 3 rings (SSSR count). The fourth-order valence-corrected chi connectivity index (χ4v) is 3.54. The summed E-state index contributed by atoms with van der Waals surface area (Å²) in [7, 11) is 0. The molecule has 0 saturated carbocycles. The maximum Gasteiger partial charge on any atom is 0.310 e. The fourth-order valence-electron chi connectivity index (χ4n) is 3.54. The first-order valence-corrected chi connectivity index (χ1v) is 10.6. The number of para-hydroxylation sites is 1. The van der Waals surface area contributed by atoms with Gasteiger partial charge in [0.2, 0.25) is 0 Å². The summed E-state index contributed by atoms with van der Waals surface area (Å²) in [6.45, 7) is 9.45. The third-order valence-electron chi connectivity index (χ3n) is 5.28. The van der Waals surface area contributed by atoms with Gasteiger partial charge in [0, 0.05) is 39.3 Å². The number of ether oxygens (including phenoxy) is 2. The molecule has 1 heterocycles. The van der Waals surface area contributed by atoms with Crippen LogP contribution in [0.1, 0.15) is 18.1 Å². The first-order chi connectivity index (χ1) is 14.2. The topological polar surface area (TPSA) is 42.0 Å². The molecule has 2 aromatic rings. The van der Waals surface area contributed by atoms with E-state index in [1.807, 2.05) is 49.4 Å². The highest BCUT2D eigenvalue weighted by Gasteiger charge is 2.16. The molecule has 1 aliphatic heterocycles. The van der Waals surface area contributed by atoms with Crippen LogP contribution >= 0.6 is 0 Å². The zero-order valence-electron chi connectivity index (χ0n) is 17.4. The summed E-state index contributed by atoms with van der Waals surface area (Å²) >= 11 is 0. The molecule has 0 atom stereocenters. The van der Waals surface area contributed by atoms with Crippen molar-refractivity contribution in [3.05, 3.63) is 65.7 Å². The highest BCUT2D eigenvalue weighted by Crippen LogP contribution is 2.10. The van der Waals surface area contributed by atoms with Crippen molar-refractivity contribution >= 4 is 5.97 Å². The van der Waals surface area contributed by atoms with Crippen LogP contribution in [0.15, 0.2) is 54.6 Å². The third-order valence-corrected chi connectivity index (χ3v) is 5.28. The van der Waals surface area contributed by atoms with Crippen LogP contribution in [0.4, 0.5) is 0 Å². The Morgan fingerprint density at radius 1 is 0.862 bits per heavy atom. The Kier molecular flexibility index (Phi) is 8.53. The number of carbonyl (C=O) groups excluding carboxylic acids is 1. The third kappa shape index (κ3) is 7.52. The van der Waals surface area contributed by atoms with Gasteiger partial charge < -0.3 is 14.4 Å². The van der Waals surface area contributed by atoms with Crippen LogP contribution in [0.2, 0.25) is 0 Å². The van der Waals surface area contributed by atoms with Crippen molar-refractivity contribution in [2.45, 2.75) is 19.8 Å². The van der Waals surface area contributed by atoms with Gasteiger partial charge in [0.1, 0.15) is 12.4 Å². The summed E-state index contributed by atoms with van der Waals surface area (Å²) in [6.07, 6.45) is 1.39. The average Bonchev–Trinajstić information content (AvgIpc) is 2.75. The molecular weight excluding hydrogens is 364 g/mol. The summed E-state index contributed by atoms with van der Waals surface area (Å²) in [5, 5.41) is 0. The molecule has 0 aromatic heterocycles. The molecular formula is C24H32N2O3. The van der Waals surface area contributed by atoms with Gasteiger partial charge in [-0.1, -0.05) is 42.5 Å². The Bertz CT molecular complexity index is 726. The molecule has 5 nitrogen and oxygen atoms in total. The fraction of sp³-hybridized carbons (Fsp3) is 0.458. The van der Waals surface area contributed by atoms with E-state index in [9.17, 15) is 4.79 Å². The van der Waals surface area contributed by atoms with E-state index in [1.54, 1.807) is 0 Å². The van der Waals surface area contributed by atoms with Gasteiger partial charge in [-0.2, -0.15) is 0 Å². The van der Waals surface area contributed by atoms with Gasteiger partial charge in [-0.3, -0.25) is 9.69 Å². The van der Waals surface area contributed by atoms with Gasteiger partial charge >= 0.3 is 5.97 Å². The summed E-state index contributed by atoms with van der Waals surface area (Å²) in [4.78, 5) is 16.6. The number of benzene rings is 2. The number of hydrogen-bond acceptors (Lipinski definition) is 5. The zero-order chi connectivity index (χ0) is 20.3. The normalized spacial score (nSPS) is 15.2. The standard InChI is InChI=1S/C24H32N2O3/c1-2-28-24(27)20-22-10-8-21(9-11-22)12-13-25-14-16-26(17-15-25)18-19-29-23-6-4-3-5-7-23/h3-11H,2,12-20H2,1H3. The van der Waals surface area contributed by atoms with Crippen molar-refractivity contribution in [1.29, 1.82) is 0 Å². The van der Waals surface area contributed by atoms with Gasteiger partial charge in [0.25, 0.3) is 0 Å². The van der Waals surface area contributed by atoms with Crippen molar-refractivity contribution in [3.8, 4) is 5.75 Å². The van der Waals surface area contributed by atoms with Crippen LogP contribution in [0.3, 0.4) is 0 Å². The molecule has 0 N–H and O–H groups in total. The van der Waals surface area contributed by atoms with Crippen molar-refractivity contribution in [1.82, 2.24) is 9.80 Å². The van der Waals surface area contributed by atoms with E-state index >= 15 is 0 Å². The minimum atomic E-state index is -0.160. The van der Waals surface area contributed by atoms with Gasteiger partial charge in [0.15, 0.2) is 0 Å². The number of rotatable bonds is 10. The van der Waals surface area contributed by atoms with Crippen molar-refractivity contribution in [2.75, 3.05) is 52.5 Å². The minimum absolute atomic E-state index is 0.160. The Labute approximate surface area is 174 Å². The number of hydrogen-bond donors (Lipinski definition) is 0. The summed E-state index contributed by atoms with van der Waals surface area (Å²) < 4.78 is 10.8. The highest BCUT2D eigenvalue weighted by atomic mass is 16.5. The van der Waals surface area contributed by atoms with Crippen LogP contribution in [-0.2, 0) is 22.4 Å². The van der Waals surface area contributed by atoms with Crippen molar-refractivity contribution in [2.24, 2.45) is 0 Å². The summed E-state index contributed by atoms with van der Waals surface area (Å²) in [6, 6.07) is 18.3. The van der Waals surface area contributed by atoms with Crippen LogP contribution in [0.5, 0.6) is 5.75 Å². The predicted octanol–water partition coefficient (Wildman–Crippen LogP) is 3.03. The molecule has 0 radical (unpaired) electrons. The average molecular weight is 397 g/mol. The van der Waals surface area contributed by atoms with Crippen molar-refractivity contribution < 1.29 is 14.3 Å². The Morgan fingerprint density at radius 2 is 1.48 bits per heavy atom. The lowest BCUT2D eigenvalue weighted by Gasteiger charge is -2.34. The second-order valence-corrected chi connectivity index (χ2v) is 7.39. The van der Waals surface area contributed by atoms with E-state index in [2.05, 4.69) is 21.9 Å². The molecule has 1 saturated heterocycles. The van der Waals surface area contributed by atoms with E-state index in [0.29, 0.717) is 13.0 Å². The van der Waals surface area contributed by atoms with Crippen LogP contribution in [-0.4, -0.2) is 68.3 Å². The summed E-state index contributed by atoms with van der Waals surface area (Å²) in [5.41, 5.74) is 2.33. The van der Waals surface area contributed by atoms with Crippen molar-refractivity contribution in [3.63, 3.8) is 0 Å². The molecule has 0 aliphatic carbocycles. The smallest absolute Gasteiger partial charge is 0.310 e. The van der Waals surface area contributed by atoms with E-state index < -0.39 is 0 Å². The maximum absolute atomic E-state index is 11.6. The van der Waals surface area contributed by atoms with Crippen LogP contribution < -0.4 is 4.74 Å². The van der Waals surface area contributed by atoms with Gasteiger partial charge in [-0.25, -0.2) is 0 Å². The van der Waals surface area contributed by atoms with Gasteiger partial charge in [-0.05, 0) is 36.6 Å². The second-order valence-electron chi connectivity index (χ2n) is 7.39. The minimum Gasteiger partial charge on any atom is -0.492 e. The molecule has 2 aromatic carbocycles. The molecule has 0 amide bonds. The Hall–Kier alpha value is -2.37. The van der Waals surface area contributed by atoms with E-state index in [0.717, 1.165) is 63.6 Å². The molecule has 5 heteroatoms. The van der Waals surface area contributed by atoms with Gasteiger partial charge in [0.05, 0.1) is 13.0 Å². The molecule has 156 valence electrons. The van der Waals surface area contributed by atoms with Gasteiger partial charge in [-0.15, -0.1) is 0 Å². The summed E-state index contributed by atoms with van der Waals surface area (Å²) in [5.74, 6) is 0.784. The lowest BCUT2D eigenvalue weighted by Crippen LogP contribution is -2.47. The first-order valence-electron chi connectivity index (χ1n) is 10.6. The Morgan fingerprint density at radius 3 is 2.14 bits per heavy atom. The number of carbonyl (C=O) groups is 1. The largest absolute Gasteiger partial charge is 0.492 e.